The summed E-state index contributed by atoms with van der Waals surface area (Å²) in [7, 11) is 0. The van der Waals surface area contributed by atoms with Gasteiger partial charge in [0, 0.05) is 12.5 Å². The normalized spacial score (nSPS) is 11.7. The summed E-state index contributed by atoms with van der Waals surface area (Å²) in [5.74, 6) is -0.945. The summed E-state index contributed by atoms with van der Waals surface area (Å²) in [4.78, 5) is 36.2. The van der Waals surface area contributed by atoms with E-state index in [-0.39, 0.29) is 11.5 Å². The molecule has 2 N–H and O–H groups in total. The molecule has 0 saturated carbocycles. The van der Waals surface area contributed by atoms with E-state index in [0.29, 0.717) is 18.5 Å². The summed E-state index contributed by atoms with van der Waals surface area (Å²) in [6, 6.07) is 8.56. The number of carbonyl (C=O) groups is 3. The molecule has 1 aromatic carbocycles. The third-order valence-electron chi connectivity index (χ3n) is 4.44. The number of nitrogens with zero attached hydrogens (tertiary/aromatic N) is 1. The molecule has 0 bridgehead atoms. The van der Waals surface area contributed by atoms with E-state index in [1.165, 1.54) is 0 Å². The van der Waals surface area contributed by atoms with Crippen LogP contribution in [0.5, 0.6) is 11.5 Å². The average Bonchev–Trinajstić information content (AvgIpc) is 2.66. The molecule has 0 aliphatic carbocycles. The summed E-state index contributed by atoms with van der Waals surface area (Å²) in [5.41, 5.74) is 5.22. The molecule has 1 aromatic heterocycles. The van der Waals surface area contributed by atoms with Crippen molar-refractivity contribution in [3.63, 3.8) is 0 Å². The Kier molecular flexibility index (Phi) is 7.21. The van der Waals surface area contributed by atoms with Gasteiger partial charge < -0.3 is 15.2 Å². The lowest BCUT2D eigenvalue weighted by Gasteiger charge is -2.20. The lowest BCUT2D eigenvalue weighted by Crippen LogP contribution is -2.35. The highest BCUT2D eigenvalue weighted by Crippen LogP contribution is 2.32. The van der Waals surface area contributed by atoms with E-state index < -0.39 is 28.7 Å². The van der Waals surface area contributed by atoms with Crippen LogP contribution in [0.2, 0.25) is 0 Å². The Morgan fingerprint density at radius 1 is 0.903 bits per heavy atom. The van der Waals surface area contributed by atoms with Crippen molar-refractivity contribution in [2.75, 3.05) is 0 Å². The van der Waals surface area contributed by atoms with Gasteiger partial charge in [0.05, 0.1) is 10.8 Å². The number of hydrogen-bond donors (Lipinski definition) is 1. The van der Waals surface area contributed by atoms with Gasteiger partial charge in [-0.2, -0.15) is 0 Å². The second-order valence-corrected chi connectivity index (χ2v) is 9.50. The monoisotopic (exact) mass is 427 g/mol. The highest BCUT2D eigenvalue weighted by molar-refractivity contribution is 5.92. The van der Waals surface area contributed by atoms with Crippen LogP contribution in [0.3, 0.4) is 0 Å². The molecule has 0 aliphatic rings. The molecule has 7 nitrogen and oxygen atoms in total. The van der Waals surface area contributed by atoms with E-state index in [9.17, 15) is 14.4 Å². The number of aromatic nitrogens is 1. The van der Waals surface area contributed by atoms with Gasteiger partial charge in [0.15, 0.2) is 30.4 Å². The first-order valence-corrected chi connectivity index (χ1v) is 10.1. The minimum absolute atomic E-state index is 0.199. The number of pyridine rings is 1. The zero-order chi connectivity index (χ0) is 23.4. The molecule has 1 heterocycles. The smallest absolute Gasteiger partial charge is 0.316 e. The second-order valence-electron chi connectivity index (χ2n) is 9.50. The van der Waals surface area contributed by atoms with Crippen molar-refractivity contribution < 1.29 is 28.4 Å². The molecular weight excluding hydrogens is 396 g/mol. The Morgan fingerprint density at radius 3 is 2.03 bits per heavy atom. The number of hydrogen-bond acceptors (Lipinski definition) is 5. The zero-order valence-corrected chi connectivity index (χ0v) is 19.0. The van der Waals surface area contributed by atoms with Crippen LogP contribution in [0, 0.1) is 10.8 Å². The maximum Gasteiger partial charge on any atom is 0.316 e. The fourth-order valence-electron chi connectivity index (χ4n) is 2.44. The topological polar surface area (TPSA) is 99.6 Å². The Bertz CT molecular complexity index is 984. The minimum atomic E-state index is -0.716. The SMILES string of the molecule is CC(C)(C)C(=O)Oc1ccc(CC[n+]2cccc(C(N)=O)c2)cc1OC(=O)C(C)(C)C. The molecule has 1 amide bonds. The van der Waals surface area contributed by atoms with Crippen molar-refractivity contribution in [2.45, 2.75) is 54.5 Å². The molecule has 0 radical (unpaired) electrons. The largest absolute Gasteiger partial charge is 0.422 e. The Morgan fingerprint density at radius 2 is 1.48 bits per heavy atom. The molecule has 0 saturated heterocycles. The summed E-state index contributed by atoms with van der Waals surface area (Å²) in [6.07, 6.45) is 4.12. The van der Waals surface area contributed by atoms with E-state index in [0.717, 1.165) is 5.56 Å². The van der Waals surface area contributed by atoms with Crippen LogP contribution in [0.25, 0.3) is 0 Å². The van der Waals surface area contributed by atoms with Gasteiger partial charge in [-0.3, -0.25) is 14.4 Å². The molecule has 2 rings (SSSR count). The van der Waals surface area contributed by atoms with Crippen LogP contribution in [-0.2, 0) is 22.6 Å². The lowest BCUT2D eigenvalue weighted by molar-refractivity contribution is -0.696. The van der Waals surface area contributed by atoms with E-state index in [2.05, 4.69) is 0 Å². The van der Waals surface area contributed by atoms with Gasteiger partial charge >= 0.3 is 11.9 Å². The van der Waals surface area contributed by atoms with Crippen molar-refractivity contribution in [1.82, 2.24) is 0 Å². The average molecular weight is 428 g/mol. The minimum Gasteiger partial charge on any atom is -0.422 e. The van der Waals surface area contributed by atoms with Gasteiger partial charge in [-0.1, -0.05) is 6.07 Å². The molecule has 0 fully saturated rings. The van der Waals surface area contributed by atoms with Gasteiger partial charge in [-0.25, -0.2) is 4.57 Å². The number of carbonyl (C=O) groups excluding carboxylic acids is 3. The van der Waals surface area contributed by atoms with E-state index in [1.807, 2.05) is 16.8 Å². The highest BCUT2D eigenvalue weighted by atomic mass is 16.6. The first-order valence-electron chi connectivity index (χ1n) is 10.1. The van der Waals surface area contributed by atoms with Crippen molar-refractivity contribution in [3.8, 4) is 11.5 Å². The van der Waals surface area contributed by atoms with Gasteiger partial charge in [-0.05, 0) is 65.3 Å². The molecule has 7 heteroatoms. The van der Waals surface area contributed by atoms with Gasteiger partial charge in [0.1, 0.15) is 5.56 Å². The second kappa shape index (κ2) is 9.29. The van der Waals surface area contributed by atoms with Gasteiger partial charge in [0.2, 0.25) is 0 Å². The third-order valence-corrected chi connectivity index (χ3v) is 4.44. The van der Waals surface area contributed by atoms with Crippen molar-refractivity contribution in [3.05, 3.63) is 53.9 Å². The number of ether oxygens (including phenoxy) is 2. The fraction of sp³-hybridized carbons (Fsp3) is 0.417. The molecule has 0 atom stereocenters. The van der Waals surface area contributed by atoms with Gasteiger partial charge in [0.25, 0.3) is 5.91 Å². The van der Waals surface area contributed by atoms with Crippen LogP contribution in [0.4, 0.5) is 0 Å². The summed E-state index contributed by atoms with van der Waals surface area (Å²) in [5, 5.41) is 0. The van der Waals surface area contributed by atoms with Crippen LogP contribution in [0.1, 0.15) is 57.5 Å². The third kappa shape index (κ3) is 6.91. The Balaban J connectivity index is 2.27. The van der Waals surface area contributed by atoms with Gasteiger partial charge in [-0.15, -0.1) is 0 Å². The van der Waals surface area contributed by atoms with E-state index in [4.69, 9.17) is 15.2 Å². The number of amides is 1. The molecule has 0 aliphatic heterocycles. The molecule has 166 valence electrons. The predicted octanol–water partition coefficient (Wildman–Crippen LogP) is 3.22. The van der Waals surface area contributed by atoms with E-state index in [1.54, 1.807) is 72.0 Å². The maximum absolute atomic E-state index is 12.5. The van der Waals surface area contributed by atoms with E-state index >= 15 is 0 Å². The highest BCUT2D eigenvalue weighted by Gasteiger charge is 2.28. The molecule has 0 spiro atoms. The van der Waals surface area contributed by atoms with Crippen molar-refractivity contribution in [2.24, 2.45) is 16.6 Å². The lowest BCUT2D eigenvalue weighted by atomic mass is 9.97. The Hall–Kier alpha value is -3.22. The summed E-state index contributed by atoms with van der Waals surface area (Å²) < 4.78 is 12.9. The predicted molar refractivity (Wildman–Crippen MR) is 115 cm³/mol. The number of primary amides is 1. The number of esters is 2. The van der Waals surface area contributed by atoms with Crippen molar-refractivity contribution in [1.29, 1.82) is 0 Å². The number of rotatable bonds is 6. The van der Waals surface area contributed by atoms with Crippen LogP contribution in [0.15, 0.2) is 42.7 Å². The Labute approximate surface area is 183 Å². The number of nitrogens with two attached hydrogens (primary N) is 1. The first-order chi connectivity index (χ1) is 14.3. The van der Waals surface area contributed by atoms with Crippen LogP contribution >= 0.6 is 0 Å². The standard InChI is InChI=1S/C24H30N2O5/c1-23(2,3)21(28)30-18-10-9-16(14-19(18)31-22(29)24(4,5)6)11-13-26-12-7-8-17(15-26)20(25)27/h7-10,12,14-15H,11,13H2,1-6H3,(H-,25,27)/p+1. The molecular formula is C24H31N2O5+. The quantitative estimate of drug-likeness (QED) is 0.433. The molecule has 2 aromatic rings. The van der Waals surface area contributed by atoms with Crippen molar-refractivity contribution >= 4 is 17.8 Å². The number of benzene rings is 1. The maximum atomic E-state index is 12.5. The molecule has 31 heavy (non-hydrogen) atoms. The zero-order valence-electron chi connectivity index (χ0n) is 19.0. The van der Waals surface area contributed by atoms with Crippen LogP contribution in [-0.4, -0.2) is 17.8 Å². The fourth-order valence-corrected chi connectivity index (χ4v) is 2.44. The first kappa shape index (κ1) is 24.1. The number of aryl methyl sites for hydroxylation is 2. The van der Waals surface area contributed by atoms with Crippen LogP contribution < -0.4 is 19.8 Å². The summed E-state index contributed by atoms with van der Waals surface area (Å²) >= 11 is 0. The summed E-state index contributed by atoms with van der Waals surface area (Å²) in [6.45, 7) is 11.1. The molecule has 0 unspecified atom stereocenters.